The molecule has 3 unspecified atom stereocenters. The van der Waals surface area contributed by atoms with Gasteiger partial charge in [-0.1, -0.05) is 26.7 Å². The van der Waals surface area contributed by atoms with Crippen LogP contribution in [0.25, 0.3) is 0 Å². The molecule has 3 atom stereocenters. The maximum atomic E-state index is 8.93. The average molecular weight is 237 g/mol. The number of furan rings is 1. The molecule has 0 aliphatic heterocycles. The third-order valence-corrected chi connectivity index (χ3v) is 4.12. The highest BCUT2D eigenvalue weighted by Crippen LogP contribution is 2.29. The zero-order valence-corrected chi connectivity index (χ0v) is 10.8. The molecule has 0 saturated heterocycles. The smallest absolute Gasteiger partial charge is 0.129 e. The van der Waals surface area contributed by atoms with E-state index in [1.54, 1.807) is 0 Å². The summed E-state index contributed by atoms with van der Waals surface area (Å²) in [6.07, 6.45) is 3.94. The summed E-state index contributed by atoms with van der Waals surface area (Å²) in [5.41, 5.74) is 0. The third kappa shape index (κ3) is 3.11. The van der Waals surface area contributed by atoms with Gasteiger partial charge in [0.15, 0.2) is 0 Å². The molecular weight excluding hydrogens is 214 g/mol. The Kier molecular flexibility index (Phi) is 4.24. The number of hydrogen-bond acceptors (Lipinski definition) is 3. The summed E-state index contributed by atoms with van der Waals surface area (Å²) in [4.78, 5) is 0. The quantitative estimate of drug-likeness (QED) is 0.846. The Morgan fingerprint density at radius 3 is 2.76 bits per heavy atom. The molecule has 2 rings (SSSR count). The van der Waals surface area contributed by atoms with E-state index in [0.29, 0.717) is 11.8 Å². The normalized spacial score (nSPS) is 29.5. The fourth-order valence-corrected chi connectivity index (χ4v) is 2.70. The molecule has 1 aliphatic carbocycles. The molecule has 0 amide bonds. The minimum Gasteiger partial charge on any atom is -0.462 e. The second-order valence-electron chi connectivity index (χ2n) is 5.28. The van der Waals surface area contributed by atoms with Crippen LogP contribution >= 0.6 is 0 Å². The van der Waals surface area contributed by atoms with Crippen LogP contribution < -0.4 is 5.32 Å². The Balaban J connectivity index is 1.84. The Hall–Kier alpha value is -0.800. The Bertz CT molecular complexity index is 348. The van der Waals surface area contributed by atoms with Crippen molar-refractivity contribution in [3.8, 4) is 0 Å². The third-order valence-electron chi connectivity index (χ3n) is 4.12. The first kappa shape index (κ1) is 12.7. The van der Waals surface area contributed by atoms with Crippen molar-refractivity contribution < 1.29 is 9.52 Å². The molecule has 0 radical (unpaired) electrons. The molecule has 0 spiro atoms. The van der Waals surface area contributed by atoms with Gasteiger partial charge in [0.05, 0.1) is 6.54 Å². The molecule has 1 heterocycles. The maximum Gasteiger partial charge on any atom is 0.129 e. The maximum absolute atomic E-state index is 8.93. The number of hydrogen-bond donors (Lipinski definition) is 2. The number of nitrogens with one attached hydrogen (secondary N) is 1. The highest BCUT2D eigenvalue weighted by molar-refractivity contribution is 5.06. The van der Waals surface area contributed by atoms with E-state index in [1.807, 2.05) is 12.1 Å². The molecule has 1 aromatic heterocycles. The number of aliphatic hydroxyl groups excluding tert-OH is 1. The number of aliphatic hydroxyl groups is 1. The zero-order chi connectivity index (χ0) is 12.3. The van der Waals surface area contributed by atoms with Gasteiger partial charge < -0.3 is 14.8 Å². The van der Waals surface area contributed by atoms with Crippen LogP contribution in [0.3, 0.4) is 0 Å². The van der Waals surface area contributed by atoms with Crippen molar-refractivity contribution >= 4 is 0 Å². The molecule has 1 fully saturated rings. The van der Waals surface area contributed by atoms with Gasteiger partial charge in [-0.2, -0.15) is 0 Å². The average Bonchev–Trinajstić information content (AvgIpc) is 2.79. The molecule has 1 aliphatic rings. The molecule has 3 nitrogen and oxygen atoms in total. The first-order valence-corrected chi connectivity index (χ1v) is 6.62. The summed E-state index contributed by atoms with van der Waals surface area (Å²) in [5.74, 6) is 3.10. The van der Waals surface area contributed by atoms with E-state index in [2.05, 4.69) is 19.2 Å². The van der Waals surface area contributed by atoms with Crippen LogP contribution in [0.15, 0.2) is 16.5 Å². The van der Waals surface area contributed by atoms with E-state index in [1.165, 1.54) is 19.3 Å². The first-order valence-electron chi connectivity index (χ1n) is 6.62. The summed E-state index contributed by atoms with van der Waals surface area (Å²) < 4.78 is 5.47. The van der Waals surface area contributed by atoms with Gasteiger partial charge >= 0.3 is 0 Å². The van der Waals surface area contributed by atoms with Crippen LogP contribution in [0.5, 0.6) is 0 Å². The SMILES string of the molecule is CC1CCCC(NCc2ccc(CO)o2)C1C. The summed E-state index contributed by atoms with van der Waals surface area (Å²) in [6, 6.07) is 4.38. The Morgan fingerprint density at radius 1 is 1.29 bits per heavy atom. The second-order valence-corrected chi connectivity index (χ2v) is 5.28. The fraction of sp³-hybridized carbons (Fsp3) is 0.714. The summed E-state index contributed by atoms with van der Waals surface area (Å²) >= 11 is 0. The molecule has 2 N–H and O–H groups in total. The van der Waals surface area contributed by atoms with Crippen LogP contribution in [0.1, 0.15) is 44.6 Å². The summed E-state index contributed by atoms with van der Waals surface area (Å²) in [5, 5.41) is 12.5. The lowest BCUT2D eigenvalue weighted by Gasteiger charge is -2.34. The van der Waals surface area contributed by atoms with Crippen molar-refractivity contribution in [1.82, 2.24) is 5.32 Å². The minimum atomic E-state index is -0.0170. The lowest BCUT2D eigenvalue weighted by molar-refractivity contribution is 0.200. The standard InChI is InChI=1S/C14H23NO2/c1-10-4-3-5-14(11(10)2)15-8-12-6-7-13(9-16)17-12/h6-7,10-11,14-16H,3-5,8-9H2,1-2H3. The van der Waals surface area contributed by atoms with Gasteiger partial charge in [0.1, 0.15) is 18.1 Å². The van der Waals surface area contributed by atoms with Crippen molar-refractivity contribution in [3.05, 3.63) is 23.7 Å². The van der Waals surface area contributed by atoms with Crippen molar-refractivity contribution in [1.29, 1.82) is 0 Å². The monoisotopic (exact) mass is 237 g/mol. The summed E-state index contributed by atoms with van der Waals surface area (Å²) in [7, 11) is 0. The molecular formula is C14H23NO2. The first-order chi connectivity index (χ1) is 8.20. The van der Waals surface area contributed by atoms with Crippen molar-refractivity contribution in [3.63, 3.8) is 0 Å². The van der Waals surface area contributed by atoms with Crippen LogP contribution in [0, 0.1) is 11.8 Å². The Morgan fingerprint density at radius 2 is 2.06 bits per heavy atom. The molecule has 1 aromatic rings. The fourth-order valence-electron chi connectivity index (χ4n) is 2.70. The topological polar surface area (TPSA) is 45.4 Å². The molecule has 3 heteroatoms. The van der Waals surface area contributed by atoms with Crippen LogP contribution in [-0.2, 0) is 13.2 Å². The minimum absolute atomic E-state index is 0.0170. The van der Waals surface area contributed by atoms with E-state index in [9.17, 15) is 0 Å². The molecule has 96 valence electrons. The van der Waals surface area contributed by atoms with Gasteiger partial charge in [-0.05, 0) is 30.4 Å². The van der Waals surface area contributed by atoms with Crippen molar-refractivity contribution in [2.75, 3.05) is 0 Å². The van der Waals surface area contributed by atoms with Gasteiger partial charge in [-0.3, -0.25) is 0 Å². The van der Waals surface area contributed by atoms with Crippen LogP contribution in [-0.4, -0.2) is 11.1 Å². The van der Waals surface area contributed by atoms with Crippen molar-refractivity contribution in [2.24, 2.45) is 11.8 Å². The van der Waals surface area contributed by atoms with Gasteiger partial charge in [0.2, 0.25) is 0 Å². The predicted molar refractivity (Wildman–Crippen MR) is 67.4 cm³/mol. The van der Waals surface area contributed by atoms with Crippen molar-refractivity contribution in [2.45, 2.75) is 52.3 Å². The van der Waals surface area contributed by atoms with Gasteiger partial charge in [-0.25, -0.2) is 0 Å². The van der Waals surface area contributed by atoms with Gasteiger partial charge in [0, 0.05) is 6.04 Å². The summed E-state index contributed by atoms with van der Waals surface area (Å²) in [6.45, 7) is 5.43. The molecule has 17 heavy (non-hydrogen) atoms. The Labute approximate surface area is 103 Å². The second kappa shape index (κ2) is 5.69. The molecule has 0 bridgehead atoms. The van der Waals surface area contributed by atoms with E-state index < -0.39 is 0 Å². The van der Waals surface area contributed by atoms with Gasteiger partial charge in [0.25, 0.3) is 0 Å². The highest BCUT2D eigenvalue weighted by Gasteiger charge is 2.26. The predicted octanol–water partition coefficient (Wildman–Crippen LogP) is 2.69. The van der Waals surface area contributed by atoms with E-state index in [0.717, 1.165) is 24.1 Å². The number of rotatable bonds is 4. The highest BCUT2D eigenvalue weighted by atomic mass is 16.4. The van der Waals surface area contributed by atoms with E-state index in [4.69, 9.17) is 9.52 Å². The molecule has 1 saturated carbocycles. The lowest BCUT2D eigenvalue weighted by Crippen LogP contribution is -2.40. The molecule has 0 aromatic carbocycles. The van der Waals surface area contributed by atoms with E-state index in [-0.39, 0.29) is 6.61 Å². The van der Waals surface area contributed by atoms with Crippen LogP contribution in [0.4, 0.5) is 0 Å². The largest absolute Gasteiger partial charge is 0.462 e. The van der Waals surface area contributed by atoms with Gasteiger partial charge in [-0.15, -0.1) is 0 Å². The van der Waals surface area contributed by atoms with Crippen LogP contribution in [0.2, 0.25) is 0 Å². The lowest BCUT2D eigenvalue weighted by atomic mass is 9.78. The zero-order valence-electron chi connectivity index (χ0n) is 10.8. The van der Waals surface area contributed by atoms with E-state index >= 15 is 0 Å².